The van der Waals surface area contributed by atoms with E-state index in [1.54, 1.807) is 11.0 Å². The molecular weight excluding hydrogens is 406 g/mol. The van der Waals surface area contributed by atoms with E-state index in [9.17, 15) is 22.4 Å². The van der Waals surface area contributed by atoms with Crippen molar-refractivity contribution in [3.63, 3.8) is 0 Å². The van der Waals surface area contributed by atoms with E-state index in [0.717, 1.165) is 12.1 Å². The lowest BCUT2D eigenvalue weighted by Gasteiger charge is -2.32. The van der Waals surface area contributed by atoms with Crippen molar-refractivity contribution in [2.75, 3.05) is 18.4 Å². The van der Waals surface area contributed by atoms with E-state index in [4.69, 9.17) is 0 Å². The number of piperidine rings is 1. The van der Waals surface area contributed by atoms with Crippen molar-refractivity contribution in [2.45, 2.75) is 25.1 Å². The summed E-state index contributed by atoms with van der Waals surface area (Å²) in [5, 5.41) is 3.81. The maximum Gasteiger partial charge on any atom is 0.416 e. The molecule has 0 spiro atoms. The van der Waals surface area contributed by atoms with Crippen molar-refractivity contribution >= 4 is 32.6 Å². The number of thiazole rings is 1. The van der Waals surface area contributed by atoms with Gasteiger partial charge in [0, 0.05) is 19.1 Å². The van der Waals surface area contributed by atoms with Crippen LogP contribution in [-0.4, -0.2) is 34.9 Å². The Morgan fingerprint density at radius 1 is 1.14 bits per heavy atom. The molecule has 1 aliphatic heterocycles. The fraction of sp³-hybridized carbons (Fsp3) is 0.300. The number of aromatic nitrogens is 1. The number of benzene rings is 2. The molecule has 0 atom stereocenters. The van der Waals surface area contributed by atoms with Gasteiger partial charge >= 0.3 is 6.18 Å². The predicted molar refractivity (Wildman–Crippen MR) is 104 cm³/mol. The number of nitrogens with one attached hydrogen (secondary N) is 1. The second-order valence-corrected chi connectivity index (χ2v) is 7.92. The number of fused-ring (bicyclic) bond motifs is 1. The zero-order valence-corrected chi connectivity index (χ0v) is 16.0. The van der Waals surface area contributed by atoms with Crippen molar-refractivity contribution in [3.8, 4) is 0 Å². The van der Waals surface area contributed by atoms with E-state index in [2.05, 4.69) is 10.3 Å². The van der Waals surface area contributed by atoms with Crippen LogP contribution < -0.4 is 5.32 Å². The average Bonchev–Trinajstić information content (AvgIpc) is 3.09. The molecule has 2 heterocycles. The number of carbonyl (C=O) groups is 1. The van der Waals surface area contributed by atoms with Crippen molar-refractivity contribution in [2.24, 2.45) is 0 Å². The molecule has 9 heteroatoms. The molecule has 0 unspecified atom stereocenters. The summed E-state index contributed by atoms with van der Waals surface area (Å²) in [5.41, 5.74) is -0.355. The van der Waals surface area contributed by atoms with Crippen LogP contribution in [0.1, 0.15) is 28.8 Å². The van der Waals surface area contributed by atoms with Gasteiger partial charge in [-0.05, 0) is 43.2 Å². The van der Waals surface area contributed by atoms with Gasteiger partial charge in [-0.2, -0.15) is 13.2 Å². The molecule has 2 aromatic carbocycles. The van der Waals surface area contributed by atoms with Crippen LogP contribution in [0.3, 0.4) is 0 Å². The summed E-state index contributed by atoms with van der Waals surface area (Å²) < 4.78 is 53.0. The monoisotopic (exact) mass is 423 g/mol. The quantitative estimate of drug-likeness (QED) is 0.591. The van der Waals surface area contributed by atoms with Crippen LogP contribution in [0, 0.1) is 5.82 Å². The summed E-state index contributed by atoms with van der Waals surface area (Å²) in [5.74, 6) is -0.869. The van der Waals surface area contributed by atoms with Crippen molar-refractivity contribution < 1.29 is 22.4 Å². The lowest BCUT2D eigenvalue weighted by molar-refractivity contribution is -0.137. The van der Waals surface area contributed by atoms with Crippen molar-refractivity contribution in [1.29, 1.82) is 0 Å². The van der Waals surface area contributed by atoms with Gasteiger partial charge in [0.25, 0.3) is 5.91 Å². The molecule has 1 amide bonds. The maximum atomic E-state index is 13.8. The zero-order chi connectivity index (χ0) is 20.6. The third-order valence-electron chi connectivity index (χ3n) is 4.93. The molecule has 1 aromatic heterocycles. The molecule has 152 valence electrons. The molecule has 4 nitrogen and oxygen atoms in total. The van der Waals surface area contributed by atoms with E-state index in [0.29, 0.717) is 41.3 Å². The smallest absolute Gasteiger partial charge is 0.359 e. The van der Waals surface area contributed by atoms with Crippen molar-refractivity contribution in [1.82, 2.24) is 9.88 Å². The van der Waals surface area contributed by atoms with E-state index in [-0.39, 0.29) is 17.5 Å². The van der Waals surface area contributed by atoms with Crippen LogP contribution in [0.15, 0.2) is 42.5 Å². The minimum absolute atomic E-state index is 0.0438. The van der Waals surface area contributed by atoms with Crippen LogP contribution in [0.5, 0.6) is 0 Å². The lowest BCUT2D eigenvalue weighted by atomic mass is 10.0. The van der Waals surface area contributed by atoms with Gasteiger partial charge in [0.2, 0.25) is 0 Å². The summed E-state index contributed by atoms with van der Waals surface area (Å²) in [7, 11) is 0. The highest BCUT2D eigenvalue weighted by Gasteiger charge is 2.31. The first-order chi connectivity index (χ1) is 13.8. The number of amides is 1. The summed E-state index contributed by atoms with van der Waals surface area (Å²) in [6.45, 7) is 0.932. The molecule has 29 heavy (non-hydrogen) atoms. The van der Waals surface area contributed by atoms with Crippen molar-refractivity contribution in [3.05, 3.63) is 59.4 Å². The lowest BCUT2D eigenvalue weighted by Crippen LogP contribution is -2.42. The van der Waals surface area contributed by atoms with Gasteiger partial charge in [-0.15, -0.1) is 0 Å². The first kappa shape index (κ1) is 19.6. The van der Waals surface area contributed by atoms with Crippen LogP contribution >= 0.6 is 11.3 Å². The molecule has 3 aromatic rings. The van der Waals surface area contributed by atoms with E-state index in [1.165, 1.54) is 35.6 Å². The molecule has 0 bridgehead atoms. The largest absolute Gasteiger partial charge is 0.416 e. The molecule has 1 saturated heterocycles. The van der Waals surface area contributed by atoms with Gasteiger partial charge in [-0.3, -0.25) is 4.79 Å². The van der Waals surface area contributed by atoms with Crippen LogP contribution in [0.2, 0.25) is 0 Å². The highest BCUT2D eigenvalue weighted by atomic mass is 32.1. The molecule has 0 aliphatic carbocycles. The number of rotatable bonds is 3. The Morgan fingerprint density at radius 3 is 2.55 bits per heavy atom. The highest BCUT2D eigenvalue weighted by Crippen LogP contribution is 2.34. The molecule has 0 saturated carbocycles. The SMILES string of the molecule is O=C(c1ccccc1F)N1CCC(Nc2nc3cc(C(F)(F)F)ccc3s2)CC1. The molecular formula is C20H17F4N3OS. The number of alkyl halides is 3. The minimum Gasteiger partial charge on any atom is -0.359 e. The fourth-order valence-electron chi connectivity index (χ4n) is 3.37. The highest BCUT2D eigenvalue weighted by molar-refractivity contribution is 7.22. The number of hydrogen-bond acceptors (Lipinski definition) is 4. The van der Waals surface area contributed by atoms with Crippen LogP contribution in [-0.2, 0) is 6.18 Å². The Kier molecular flexibility index (Phi) is 5.16. The van der Waals surface area contributed by atoms with E-state index < -0.39 is 17.6 Å². The number of hydrogen-bond donors (Lipinski definition) is 1. The molecule has 0 radical (unpaired) electrons. The topological polar surface area (TPSA) is 45.2 Å². The molecule has 1 fully saturated rings. The van der Waals surface area contributed by atoms with Crippen LogP contribution in [0.25, 0.3) is 10.2 Å². The Balaban J connectivity index is 1.39. The average molecular weight is 423 g/mol. The van der Waals surface area contributed by atoms with E-state index in [1.807, 2.05) is 0 Å². The molecule has 4 rings (SSSR count). The predicted octanol–water partition coefficient (Wildman–Crippen LogP) is 5.17. The third-order valence-corrected chi connectivity index (χ3v) is 5.90. The summed E-state index contributed by atoms with van der Waals surface area (Å²) in [6, 6.07) is 9.47. The van der Waals surface area contributed by atoms with Gasteiger partial charge in [-0.1, -0.05) is 23.5 Å². The van der Waals surface area contributed by atoms with Gasteiger partial charge in [-0.25, -0.2) is 9.37 Å². The number of anilines is 1. The second kappa shape index (κ2) is 7.62. The molecule has 1 aliphatic rings. The number of carbonyl (C=O) groups excluding carboxylic acids is 1. The zero-order valence-electron chi connectivity index (χ0n) is 15.2. The minimum atomic E-state index is -4.40. The normalized spacial score (nSPS) is 15.7. The number of nitrogens with zero attached hydrogens (tertiary/aromatic N) is 2. The summed E-state index contributed by atoms with van der Waals surface area (Å²) in [4.78, 5) is 18.4. The third kappa shape index (κ3) is 4.19. The van der Waals surface area contributed by atoms with Crippen LogP contribution in [0.4, 0.5) is 22.7 Å². The first-order valence-electron chi connectivity index (χ1n) is 9.09. The Labute approximate surface area is 168 Å². The summed E-state index contributed by atoms with van der Waals surface area (Å²) in [6.07, 6.45) is -3.11. The van der Waals surface area contributed by atoms with Gasteiger partial charge in [0.05, 0.1) is 21.3 Å². The second-order valence-electron chi connectivity index (χ2n) is 6.89. The Morgan fingerprint density at radius 2 is 1.86 bits per heavy atom. The Hall–Kier alpha value is -2.68. The van der Waals surface area contributed by atoms with E-state index >= 15 is 0 Å². The first-order valence-corrected chi connectivity index (χ1v) is 9.91. The fourth-order valence-corrected chi connectivity index (χ4v) is 4.30. The standard InChI is InChI=1S/C20H17F4N3OS/c21-15-4-2-1-3-14(15)18(28)27-9-7-13(8-10-27)25-19-26-16-11-12(20(22,23)24)5-6-17(16)29-19/h1-6,11,13H,7-10H2,(H,25,26). The number of halogens is 4. The van der Waals surface area contributed by atoms with Gasteiger partial charge in [0.15, 0.2) is 5.13 Å². The summed E-state index contributed by atoms with van der Waals surface area (Å²) >= 11 is 1.30. The Bertz CT molecular complexity index is 1040. The number of likely N-dealkylation sites (tertiary alicyclic amines) is 1. The maximum absolute atomic E-state index is 13.8. The van der Waals surface area contributed by atoms with Gasteiger partial charge in [0.1, 0.15) is 5.82 Å². The van der Waals surface area contributed by atoms with Gasteiger partial charge < -0.3 is 10.2 Å². The molecule has 1 N–H and O–H groups in total.